The van der Waals surface area contributed by atoms with Crippen LogP contribution in [0.3, 0.4) is 0 Å². The highest BCUT2D eigenvalue weighted by Crippen LogP contribution is 2.20. The van der Waals surface area contributed by atoms with Crippen molar-refractivity contribution in [2.24, 2.45) is 7.05 Å². The third kappa shape index (κ3) is 2.56. The molecule has 1 atom stereocenters. The van der Waals surface area contributed by atoms with Crippen molar-refractivity contribution >= 4 is 5.97 Å². The fourth-order valence-corrected chi connectivity index (χ4v) is 1.36. The Labute approximate surface area is 82.0 Å². The smallest absolute Gasteiger partial charge is 0.303 e. The molecule has 5 heteroatoms. The monoisotopic (exact) mass is 198 g/mol. The lowest BCUT2D eigenvalue weighted by Crippen LogP contribution is -2.02. The molecule has 0 aliphatic rings. The summed E-state index contributed by atoms with van der Waals surface area (Å²) in [6.07, 6.45) is 1.17. The van der Waals surface area contributed by atoms with Gasteiger partial charge in [0.05, 0.1) is 11.8 Å². The number of carboxylic acid groups (broad SMARTS) is 1. The molecule has 0 aliphatic heterocycles. The fraction of sp³-hybridized carbons (Fsp3) is 0.556. The Balaban J connectivity index is 2.64. The number of hydrogen-bond donors (Lipinski definition) is 2. The van der Waals surface area contributed by atoms with E-state index in [9.17, 15) is 9.90 Å². The highest BCUT2D eigenvalue weighted by molar-refractivity contribution is 5.66. The first-order valence-electron chi connectivity index (χ1n) is 4.40. The lowest BCUT2D eigenvalue weighted by atomic mass is 10.1. The normalized spacial score (nSPS) is 12.8. The van der Waals surface area contributed by atoms with Crippen LogP contribution in [0.15, 0.2) is 6.20 Å². The summed E-state index contributed by atoms with van der Waals surface area (Å²) < 4.78 is 1.61. The van der Waals surface area contributed by atoms with Crippen LogP contribution >= 0.6 is 0 Å². The number of aliphatic hydroxyl groups excluding tert-OH is 1. The van der Waals surface area contributed by atoms with Crippen LogP contribution in [-0.4, -0.2) is 26.0 Å². The Bertz CT molecular complexity index is 333. The molecule has 2 N–H and O–H groups in total. The summed E-state index contributed by atoms with van der Waals surface area (Å²) in [5, 5.41) is 22.2. The summed E-state index contributed by atoms with van der Waals surface area (Å²) in [5.41, 5.74) is 1.44. The maximum atomic E-state index is 10.3. The maximum Gasteiger partial charge on any atom is 0.303 e. The molecule has 0 fully saturated rings. The molecule has 0 aromatic carbocycles. The molecule has 78 valence electrons. The topological polar surface area (TPSA) is 75.3 Å². The van der Waals surface area contributed by atoms with Crippen molar-refractivity contribution in [3.05, 3.63) is 17.5 Å². The van der Waals surface area contributed by atoms with Gasteiger partial charge in [0.25, 0.3) is 0 Å². The summed E-state index contributed by atoms with van der Waals surface area (Å²) in [6, 6.07) is 0. The quantitative estimate of drug-likeness (QED) is 0.744. The predicted molar refractivity (Wildman–Crippen MR) is 49.8 cm³/mol. The van der Waals surface area contributed by atoms with Crippen molar-refractivity contribution in [2.75, 3.05) is 0 Å². The van der Waals surface area contributed by atoms with Crippen LogP contribution in [-0.2, 0) is 11.8 Å². The molecule has 14 heavy (non-hydrogen) atoms. The van der Waals surface area contributed by atoms with E-state index in [0.717, 1.165) is 5.69 Å². The molecule has 0 bridgehead atoms. The fourth-order valence-electron chi connectivity index (χ4n) is 1.36. The second-order valence-corrected chi connectivity index (χ2v) is 3.29. The third-order valence-corrected chi connectivity index (χ3v) is 2.04. The average Bonchev–Trinajstić information content (AvgIpc) is 2.41. The molecular weight excluding hydrogens is 184 g/mol. The van der Waals surface area contributed by atoms with Crippen molar-refractivity contribution in [1.82, 2.24) is 9.78 Å². The van der Waals surface area contributed by atoms with Gasteiger partial charge in [-0.25, -0.2) is 0 Å². The third-order valence-electron chi connectivity index (χ3n) is 2.04. The largest absolute Gasteiger partial charge is 0.481 e. The minimum absolute atomic E-state index is 0.0322. The van der Waals surface area contributed by atoms with Gasteiger partial charge in [-0.05, 0) is 13.3 Å². The molecule has 0 saturated carbocycles. The van der Waals surface area contributed by atoms with E-state index in [1.165, 1.54) is 0 Å². The summed E-state index contributed by atoms with van der Waals surface area (Å²) >= 11 is 0. The molecule has 0 radical (unpaired) electrons. The van der Waals surface area contributed by atoms with Gasteiger partial charge in [0.1, 0.15) is 0 Å². The van der Waals surface area contributed by atoms with E-state index >= 15 is 0 Å². The second kappa shape index (κ2) is 4.23. The molecule has 0 spiro atoms. The molecule has 0 amide bonds. The SMILES string of the molecule is Cc1nn(C)cc1C(O)CCC(=O)O. The van der Waals surface area contributed by atoms with Gasteiger partial charge < -0.3 is 10.2 Å². The van der Waals surface area contributed by atoms with E-state index in [1.807, 2.05) is 0 Å². The molecule has 0 aliphatic carbocycles. The average molecular weight is 198 g/mol. The molecular formula is C9H14N2O3. The predicted octanol–water partition coefficient (Wildman–Crippen LogP) is 0.627. The number of nitrogens with zero attached hydrogens (tertiary/aromatic N) is 2. The van der Waals surface area contributed by atoms with Gasteiger partial charge in [-0.2, -0.15) is 5.10 Å². The number of rotatable bonds is 4. The van der Waals surface area contributed by atoms with Crippen LogP contribution in [0, 0.1) is 6.92 Å². The van der Waals surface area contributed by atoms with Gasteiger partial charge in [0.2, 0.25) is 0 Å². The summed E-state index contributed by atoms with van der Waals surface area (Å²) in [7, 11) is 1.76. The molecule has 1 aromatic rings. The minimum atomic E-state index is -0.898. The van der Waals surface area contributed by atoms with Crippen molar-refractivity contribution < 1.29 is 15.0 Å². The molecule has 5 nitrogen and oxygen atoms in total. The number of hydrogen-bond acceptors (Lipinski definition) is 3. The summed E-state index contributed by atoms with van der Waals surface area (Å²) in [4.78, 5) is 10.3. The van der Waals surface area contributed by atoms with Crippen molar-refractivity contribution in [1.29, 1.82) is 0 Å². The number of aliphatic carboxylic acids is 1. The highest BCUT2D eigenvalue weighted by Gasteiger charge is 2.14. The van der Waals surface area contributed by atoms with Gasteiger partial charge in [-0.15, -0.1) is 0 Å². The van der Waals surface area contributed by atoms with Crippen LogP contribution in [0.4, 0.5) is 0 Å². The van der Waals surface area contributed by atoms with Gasteiger partial charge in [0, 0.05) is 25.2 Å². The van der Waals surface area contributed by atoms with Crippen LogP contribution in [0.25, 0.3) is 0 Å². The number of carboxylic acids is 1. The van der Waals surface area contributed by atoms with Crippen LogP contribution < -0.4 is 0 Å². The first-order chi connectivity index (χ1) is 6.50. The number of aryl methyl sites for hydroxylation is 2. The first kappa shape index (κ1) is 10.7. The Morgan fingerprint density at radius 3 is 2.79 bits per heavy atom. The molecule has 0 saturated heterocycles. The first-order valence-corrected chi connectivity index (χ1v) is 4.40. The molecule has 1 heterocycles. The Hall–Kier alpha value is -1.36. The van der Waals surface area contributed by atoms with Gasteiger partial charge in [0.15, 0.2) is 0 Å². The van der Waals surface area contributed by atoms with Crippen LogP contribution in [0.5, 0.6) is 0 Å². The van der Waals surface area contributed by atoms with Gasteiger partial charge in [-0.3, -0.25) is 9.48 Å². The minimum Gasteiger partial charge on any atom is -0.481 e. The maximum absolute atomic E-state index is 10.3. The Morgan fingerprint density at radius 1 is 1.71 bits per heavy atom. The van der Waals surface area contributed by atoms with E-state index in [2.05, 4.69) is 5.10 Å². The Kier molecular flexibility index (Phi) is 3.24. The molecule has 1 aromatic heterocycles. The van der Waals surface area contributed by atoms with E-state index in [-0.39, 0.29) is 12.8 Å². The highest BCUT2D eigenvalue weighted by atomic mass is 16.4. The van der Waals surface area contributed by atoms with Gasteiger partial charge >= 0.3 is 5.97 Å². The second-order valence-electron chi connectivity index (χ2n) is 3.29. The van der Waals surface area contributed by atoms with Crippen LogP contribution in [0.2, 0.25) is 0 Å². The zero-order valence-corrected chi connectivity index (χ0v) is 8.27. The van der Waals surface area contributed by atoms with Crippen molar-refractivity contribution in [2.45, 2.75) is 25.9 Å². The number of aromatic nitrogens is 2. The van der Waals surface area contributed by atoms with E-state index < -0.39 is 12.1 Å². The van der Waals surface area contributed by atoms with E-state index in [1.54, 1.807) is 24.9 Å². The van der Waals surface area contributed by atoms with E-state index in [4.69, 9.17) is 5.11 Å². The van der Waals surface area contributed by atoms with Crippen molar-refractivity contribution in [3.63, 3.8) is 0 Å². The lowest BCUT2D eigenvalue weighted by Gasteiger charge is -2.06. The Morgan fingerprint density at radius 2 is 2.36 bits per heavy atom. The number of aliphatic hydroxyl groups is 1. The lowest BCUT2D eigenvalue weighted by molar-refractivity contribution is -0.137. The summed E-state index contributed by atoms with van der Waals surface area (Å²) in [5.74, 6) is -0.898. The van der Waals surface area contributed by atoms with Gasteiger partial charge in [-0.1, -0.05) is 0 Å². The number of carbonyl (C=O) groups is 1. The van der Waals surface area contributed by atoms with Crippen LogP contribution in [0.1, 0.15) is 30.2 Å². The zero-order valence-electron chi connectivity index (χ0n) is 8.27. The van der Waals surface area contributed by atoms with Crippen molar-refractivity contribution in [3.8, 4) is 0 Å². The molecule has 1 rings (SSSR count). The standard InChI is InChI=1S/C9H14N2O3/c1-6-7(5-11(2)10-6)8(12)3-4-9(13)14/h5,8,12H,3-4H2,1-2H3,(H,13,14). The molecule has 1 unspecified atom stereocenters. The zero-order chi connectivity index (χ0) is 10.7. The summed E-state index contributed by atoms with van der Waals surface area (Å²) in [6.45, 7) is 1.79. The van der Waals surface area contributed by atoms with E-state index in [0.29, 0.717) is 5.56 Å².